The second-order valence-electron chi connectivity index (χ2n) is 7.88. The Morgan fingerprint density at radius 2 is 1.68 bits per heavy atom. The standard InChI is InChI=1S/C20H33NO/c1-2-3-4-5-17-6-8-18(9-7-17)19-10-12-20(16-21,13-11-19)14-15-22/h15,17-19H,2-14H2,1H3/t17?,18?,19-,20+. The van der Waals surface area contributed by atoms with Crippen LogP contribution < -0.4 is 0 Å². The van der Waals surface area contributed by atoms with Crippen molar-refractivity contribution in [2.45, 2.75) is 90.4 Å². The van der Waals surface area contributed by atoms with Gasteiger partial charge < -0.3 is 4.79 Å². The molecular formula is C20H33NO. The molecule has 0 atom stereocenters. The maximum absolute atomic E-state index is 10.8. The minimum absolute atomic E-state index is 0.324. The van der Waals surface area contributed by atoms with Crippen molar-refractivity contribution in [1.29, 1.82) is 5.26 Å². The molecule has 0 heterocycles. The van der Waals surface area contributed by atoms with Crippen LogP contribution in [0, 0.1) is 34.5 Å². The van der Waals surface area contributed by atoms with Crippen LogP contribution in [0.15, 0.2) is 0 Å². The van der Waals surface area contributed by atoms with E-state index in [0.717, 1.165) is 36.9 Å². The molecule has 0 unspecified atom stereocenters. The molecule has 2 nitrogen and oxygen atoms in total. The van der Waals surface area contributed by atoms with Crippen molar-refractivity contribution in [3.05, 3.63) is 0 Å². The highest BCUT2D eigenvalue weighted by atomic mass is 16.1. The van der Waals surface area contributed by atoms with Crippen molar-refractivity contribution in [3.63, 3.8) is 0 Å². The Morgan fingerprint density at radius 1 is 1.05 bits per heavy atom. The Morgan fingerprint density at radius 3 is 2.23 bits per heavy atom. The van der Waals surface area contributed by atoms with Gasteiger partial charge in [-0.05, 0) is 56.3 Å². The summed E-state index contributed by atoms with van der Waals surface area (Å²) >= 11 is 0. The van der Waals surface area contributed by atoms with Gasteiger partial charge in [-0.2, -0.15) is 5.26 Å². The topological polar surface area (TPSA) is 40.9 Å². The molecule has 0 saturated heterocycles. The third-order valence-corrected chi connectivity index (χ3v) is 6.47. The van der Waals surface area contributed by atoms with Crippen molar-refractivity contribution in [1.82, 2.24) is 0 Å². The molecule has 2 saturated carbocycles. The SMILES string of the molecule is CCCCCC1CCC([C@H]2CC[C@](C#N)(CC=O)CC2)CC1. The quantitative estimate of drug-likeness (QED) is 0.449. The molecule has 124 valence electrons. The maximum Gasteiger partial charge on any atom is 0.121 e. The molecule has 0 aromatic rings. The number of nitriles is 1. The van der Waals surface area contributed by atoms with E-state index in [1.165, 1.54) is 64.2 Å². The van der Waals surface area contributed by atoms with Crippen molar-refractivity contribution in [2.24, 2.45) is 23.2 Å². The maximum atomic E-state index is 10.8. The minimum Gasteiger partial charge on any atom is -0.303 e. The van der Waals surface area contributed by atoms with Gasteiger partial charge in [-0.25, -0.2) is 0 Å². The Labute approximate surface area is 136 Å². The molecule has 0 aromatic heterocycles. The van der Waals surface area contributed by atoms with Crippen LogP contribution in [0.1, 0.15) is 90.4 Å². The van der Waals surface area contributed by atoms with E-state index in [1.54, 1.807) is 0 Å². The highest BCUT2D eigenvalue weighted by molar-refractivity contribution is 5.52. The Hall–Kier alpha value is -0.840. The molecular weight excluding hydrogens is 270 g/mol. The van der Waals surface area contributed by atoms with E-state index in [-0.39, 0.29) is 5.41 Å². The average Bonchev–Trinajstić information content (AvgIpc) is 2.57. The van der Waals surface area contributed by atoms with Crippen LogP contribution >= 0.6 is 0 Å². The molecule has 0 aliphatic heterocycles. The molecule has 0 bridgehead atoms. The third-order valence-electron chi connectivity index (χ3n) is 6.47. The van der Waals surface area contributed by atoms with Crippen LogP contribution in [0.25, 0.3) is 0 Å². The van der Waals surface area contributed by atoms with Gasteiger partial charge in [-0.15, -0.1) is 0 Å². The van der Waals surface area contributed by atoms with Gasteiger partial charge in [0.15, 0.2) is 0 Å². The van der Waals surface area contributed by atoms with E-state index in [0.29, 0.717) is 6.42 Å². The second kappa shape index (κ2) is 8.70. The van der Waals surface area contributed by atoms with E-state index in [4.69, 9.17) is 0 Å². The zero-order chi connectivity index (χ0) is 15.8. The van der Waals surface area contributed by atoms with Gasteiger partial charge in [0.25, 0.3) is 0 Å². The molecule has 0 N–H and O–H groups in total. The smallest absolute Gasteiger partial charge is 0.121 e. The van der Waals surface area contributed by atoms with Crippen LogP contribution in [0.4, 0.5) is 0 Å². The third kappa shape index (κ3) is 4.58. The number of rotatable bonds is 7. The monoisotopic (exact) mass is 303 g/mol. The number of nitrogens with zero attached hydrogens (tertiary/aromatic N) is 1. The van der Waals surface area contributed by atoms with Crippen molar-refractivity contribution >= 4 is 6.29 Å². The molecule has 22 heavy (non-hydrogen) atoms. The number of carbonyl (C=O) groups is 1. The summed E-state index contributed by atoms with van der Waals surface area (Å²) in [4.78, 5) is 10.8. The van der Waals surface area contributed by atoms with Gasteiger partial charge in [-0.1, -0.05) is 45.4 Å². The number of hydrogen-bond donors (Lipinski definition) is 0. The molecule has 0 radical (unpaired) electrons. The number of unbranched alkanes of at least 4 members (excludes halogenated alkanes) is 2. The first kappa shape index (κ1) is 17.5. The van der Waals surface area contributed by atoms with Crippen LogP contribution in [-0.4, -0.2) is 6.29 Å². The summed E-state index contributed by atoms with van der Waals surface area (Å²) in [6.45, 7) is 2.28. The molecule has 0 aromatic carbocycles. The normalized spacial score (nSPS) is 35.7. The summed E-state index contributed by atoms with van der Waals surface area (Å²) < 4.78 is 0. The highest BCUT2D eigenvalue weighted by Gasteiger charge is 2.38. The Balaban J connectivity index is 1.72. The number of aldehydes is 1. The number of carbonyl (C=O) groups excluding carboxylic acids is 1. The van der Waals surface area contributed by atoms with Gasteiger partial charge >= 0.3 is 0 Å². The first-order valence-electron chi connectivity index (χ1n) is 9.58. The molecule has 2 rings (SSSR count). The second-order valence-corrected chi connectivity index (χ2v) is 7.88. The largest absolute Gasteiger partial charge is 0.303 e. The fourth-order valence-corrected chi connectivity index (χ4v) is 4.82. The summed E-state index contributed by atoms with van der Waals surface area (Å²) in [6.07, 6.45) is 16.9. The first-order chi connectivity index (χ1) is 10.7. The van der Waals surface area contributed by atoms with E-state index >= 15 is 0 Å². The lowest BCUT2D eigenvalue weighted by Crippen LogP contribution is -2.31. The first-order valence-corrected chi connectivity index (χ1v) is 9.58. The zero-order valence-electron chi connectivity index (χ0n) is 14.4. The van der Waals surface area contributed by atoms with Gasteiger partial charge in [0.1, 0.15) is 6.29 Å². The summed E-state index contributed by atoms with van der Waals surface area (Å²) in [7, 11) is 0. The van der Waals surface area contributed by atoms with Crippen LogP contribution in [0.3, 0.4) is 0 Å². The molecule has 0 amide bonds. The molecule has 2 aliphatic carbocycles. The molecule has 2 heteroatoms. The minimum atomic E-state index is -0.324. The summed E-state index contributed by atoms with van der Waals surface area (Å²) in [5.74, 6) is 2.71. The summed E-state index contributed by atoms with van der Waals surface area (Å²) in [5, 5.41) is 9.40. The zero-order valence-corrected chi connectivity index (χ0v) is 14.4. The van der Waals surface area contributed by atoms with E-state index in [2.05, 4.69) is 13.0 Å². The Kier molecular flexibility index (Phi) is 6.93. The molecule has 2 fully saturated rings. The highest BCUT2D eigenvalue weighted by Crippen LogP contribution is 2.46. The van der Waals surface area contributed by atoms with E-state index < -0.39 is 0 Å². The molecule has 2 aliphatic rings. The average molecular weight is 303 g/mol. The van der Waals surface area contributed by atoms with Crippen LogP contribution in [0.2, 0.25) is 0 Å². The van der Waals surface area contributed by atoms with Gasteiger partial charge in [0.2, 0.25) is 0 Å². The van der Waals surface area contributed by atoms with Gasteiger partial charge in [-0.3, -0.25) is 0 Å². The molecule has 0 spiro atoms. The van der Waals surface area contributed by atoms with Crippen LogP contribution in [-0.2, 0) is 4.79 Å². The van der Waals surface area contributed by atoms with E-state index in [9.17, 15) is 10.1 Å². The lowest BCUT2D eigenvalue weighted by molar-refractivity contribution is -0.109. The predicted molar refractivity (Wildman–Crippen MR) is 90.3 cm³/mol. The van der Waals surface area contributed by atoms with Gasteiger partial charge in [0.05, 0.1) is 11.5 Å². The summed E-state index contributed by atoms with van der Waals surface area (Å²) in [6, 6.07) is 2.45. The summed E-state index contributed by atoms with van der Waals surface area (Å²) in [5.41, 5.74) is -0.324. The van der Waals surface area contributed by atoms with Gasteiger partial charge in [0, 0.05) is 6.42 Å². The fraction of sp³-hybridized carbons (Fsp3) is 0.900. The van der Waals surface area contributed by atoms with Crippen molar-refractivity contribution < 1.29 is 4.79 Å². The van der Waals surface area contributed by atoms with E-state index in [1.807, 2.05) is 0 Å². The van der Waals surface area contributed by atoms with Crippen LogP contribution in [0.5, 0.6) is 0 Å². The van der Waals surface area contributed by atoms with Crippen molar-refractivity contribution in [2.75, 3.05) is 0 Å². The fourth-order valence-electron chi connectivity index (χ4n) is 4.82. The predicted octanol–water partition coefficient (Wildman–Crippen LogP) is 5.66. The lowest BCUT2D eigenvalue weighted by Gasteiger charge is -2.40. The Bertz CT molecular complexity index is 368. The van der Waals surface area contributed by atoms with Crippen molar-refractivity contribution in [3.8, 4) is 6.07 Å². The lowest BCUT2D eigenvalue weighted by atomic mass is 9.64. The number of hydrogen-bond acceptors (Lipinski definition) is 2.